The number of amides is 2. The zero-order valence-electron chi connectivity index (χ0n) is 17.5. The average Bonchev–Trinajstić information content (AvgIpc) is 2.74. The van der Waals surface area contributed by atoms with Crippen molar-refractivity contribution in [2.24, 2.45) is 0 Å². The Bertz CT molecular complexity index is 956. The van der Waals surface area contributed by atoms with Gasteiger partial charge in [-0.25, -0.2) is 4.79 Å². The molecule has 0 radical (unpaired) electrons. The molecule has 3 rings (SSSR count). The first-order valence-corrected chi connectivity index (χ1v) is 10.2. The maximum atomic E-state index is 13.3. The van der Waals surface area contributed by atoms with Gasteiger partial charge in [-0.15, -0.1) is 0 Å². The molecule has 0 bridgehead atoms. The maximum absolute atomic E-state index is 13.3. The smallest absolute Gasteiger partial charge is 0.365 e. The fourth-order valence-electron chi connectivity index (χ4n) is 3.87. The van der Waals surface area contributed by atoms with Crippen LogP contribution in [0.3, 0.4) is 0 Å². The van der Waals surface area contributed by atoms with Crippen molar-refractivity contribution in [3.63, 3.8) is 0 Å². The van der Waals surface area contributed by atoms with Gasteiger partial charge in [0.1, 0.15) is 0 Å². The number of carbonyl (C=O) groups is 1. The fraction of sp³-hybridized carbons (Fsp3) is 0.391. The van der Waals surface area contributed by atoms with E-state index in [2.05, 4.69) is 5.32 Å². The lowest BCUT2D eigenvalue weighted by molar-refractivity contribution is -0.137. The molecular weight excluding hydrogens is 405 g/mol. The van der Waals surface area contributed by atoms with E-state index in [4.69, 9.17) is 5.26 Å². The van der Waals surface area contributed by atoms with Crippen molar-refractivity contribution in [2.75, 3.05) is 24.5 Å². The van der Waals surface area contributed by atoms with Crippen LogP contribution in [0.15, 0.2) is 48.5 Å². The summed E-state index contributed by atoms with van der Waals surface area (Å²) in [5.74, 6) is 0. The molecule has 1 aliphatic heterocycles. The molecule has 1 fully saturated rings. The normalized spacial score (nSPS) is 19.1. The van der Waals surface area contributed by atoms with E-state index >= 15 is 0 Å². The van der Waals surface area contributed by atoms with Crippen molar-refractivity contribution in [3.05, 3.63) is 65.2 Å². The van der Waals surface area contributed by atoms with Gasteiger partial charge in [-0.2, -0.15) is 18.4 Å². The number of carbonyl (C=O) groups excluding carboxylic acids is 1. The summed E-state index contributed by atoms with van der Waals surface area (Å²) >= 11 is 0. The van der Waals surface area contributed by atoms with Gasteiger partial charge in [-0.3, -0.25) is 0 Å². The van der Waals surface area contributed by atoms with E-state index in [9.17, 15) is 18.0 Å². The molecule has 2 aromatic rings. The van der Waals surface area contributed by atoms with Crippen molar-refractivity contribution in [1.29, 1.82) is 5.26 Å². The first kappa shape index (κ1) is 22.5. The van der Waals surface area contributed by atoms with E-state index in [1.165, 1.54) is 12.1 Å². The molecule has 0 aliphatic carbocycles. The predicted octanol–water partition coefficient (Wildman–Crippen LogP) is 4.43. The van der Waals surface area contributed by atoms with Gasteiger partial charge in [0.15, 0.2) is 0 Å². The van der Waals surface area contributed by atoms with Gasteiger partial charge < -0.3 is 15.1 Å². The lowest BCUT2D eigenvalue weighted by atomic mass is 10.0. The predicted molar refractivity (Wildman–Crippen MR) is 113 cm³/mol. The number of hydrogen-bond donors (Lipinski definition) is 1. The van der Waals surface area contributed by atoms with Crippen LogP contribution in [-0.2, 0) is 12.6 Å². The molecule has 2 amide bonds. The van der Waals surface area contributed by atoms with Crippen molar-refractivity contribution in [1.82, 2.24) is 10.2 Å². The van der Waals surface area contributed by atoms with Crippen molar-refractivity contribution < 1.29 is 18.0 Å². The quantitative estimate of drug-likeness (QED) is 0.781. The molecule has 1 N–H and O–H groups in total. The number of nitriles is 1. The van der Waals surface area contributed by atoms with Crippen molar-refractivity contribution in [2.45, 2.75) is 38.5 Å². The van der Waals surface area contributed by atoms with Crippen molar-refractivity contribution >= 4 is 11.7 Å². The second-order valence-electron chi connectivity index (χ2n) is 7.81. The number of piperazine rings is 1. The van der Waals surface area contributed by atoms with Crippen LogP contribution in [0.1, 0.15) is 30.5 Å². The van der Waals surface area contributed by atoms with E-state index in [0.29, 0.717) is 25.3 Å². The number of halogens is 3. The summed E-state index contributed by atoms with van der Waals surface area (Å²) in [4.78, 5) is 16.2. The number of anilines is 1. The zero-order chi connectivity index (χ0) is 22.6. The van der Waals surface area contributed by atoms with Gasteiger partial charge >= 0.3 is 12.2 Å². The molecule has 2 atom stereocenters. The molecule has 2 aromatic carbocycles. The van der Waals surface area contributed by atoms with Crippen LogP contribution in [0.25, 0.3) is 0 Å². The summed E-state index contributed by atoms with van der Waals surface area (Å²) in [5.41, 5.74) is 0.201. The number of nitrogens with zero attached hydrogens (tertiary/aromatic N) is 3. The molecule has 8 heteroatoms. The summed E-state index contributed by atoms with van der Waals surface area (Å²) in [6.45, 7) is 5.05. The summed E-state index contributed by atoms with van der Waals surface area (Å²) in [5, 5.41) is 11.9. The van der Waals surface area contributed by atoms with Gasteiger partial charge in [0.2, 0.25) is 0 Å². The summed E-state index contributed by atoms with van der Waals surface area (Å²) in [6, 6.07) is 14.7. The first-order valence-electron chi connectivity index (χ1n) is 10.2. The largest absolute Gasteiger partial charge is 0.417 e. The molecule has 0 saturated carbocycles. The fourth-order valence-corrected chi connectivity index (χ4v) is 3.87. The average molecular weight is 430 g/mol. The minimum Gasteiger partial charge on any atom is -0.365 e. The molecule has 0 aromatic heterocycles. The number of hydrogen-bond acceptors (Lipinski definition) is 3. The molecule has 31 heavy (non-hydrogen) atoms. The standard InChI is InChI=1S/C23H25F3N4O/c1-16-15-30(22(31)28-11-10-18-6-4-3-5-7-18)17(2)14-29(16)20-9-8-19(13-27)21(12-20)23(24,25)26/h3-9,12,16-17H,10-11,14-15H2,1-2H3,(H,28,31). The lowest BCUT2D eigenvalue weighted by Crippen LogP contribution is -2.60. The Balaban J connectivity index is 1.66. The van der Waals surface area contributed by atoms with Crippen LogP contribution in [0.2, 0.25) is 0 Å². The second-order valence-corrected chi connectivity index (χ2v) is 7.81. The van der Waals surface area contributed by atoms with Gasteiger partial charge in [0, 0.05) is 37.4 Å². The minimum absolute atomic E-state index is 0.175. The summed E-state index contributed by atoms with van der Waals surface area (Å²) in [7, 11) is 0. The SMILES string of the molecule is CC1CN(c2ccc(C#N)c(C(F)(F)F)c2)C(C)CN1C(=O)NCCc1ccccc1. The van der Waals surface area contributed by atoms with E-state index in [1.807, 2.05) is 49.1 Å². The van der Waals surface area contributed by atoms with E-state index in [-0.39, 0.29) is 18.1 Å². The van der Waals surface area contributed by atoms with Gasteiger partial charge in [0.25, 0.3) is 0 Å². The monoisotopic (exact) mass is 430 g/mol. The number of urea groups is 1. The minimum atomic E-state index is -4.60. The number of benzene rings is 2. The Morgan fingerprint density at radius 3 is 2.48 bits per heavy atom. The van der Waals surface area contributed by atoms with Crippen LogP contribution >= 0.6 is 0 Å². The molecular formula is C23H25F3N4O. The highest BCUT2D eigenvalue weighted by Crippen LogP contribution is 2.35. The second kappa shape index (κ2) is 9.29. The Labute approximate surface area is 180 Å². The highest BCUT2D eigenvalue weighted by molar-refractivity contribution is 5.75. The zero-order valence-corrected chi connectivity index (χ0v) is 17.5. The maximum Gasteiger partial charge on any atom is 0.417 e. The lowest BCUT2D eigenvalue weighted by Gasteiger charge is -2.45. The highest BCUT2D eigenvalue weighted by Gasteiger charge is 2.36. The molecule has 164 valence electrons. The summed E-state index contributed by atoms with van der Waals surface area (Å²) in [6.07, 6.45) is -3.88. The van der Waals surface area contributed by atoms with Crippen LogP contribution in [0, 0.1) is 11.3 Å². The Hall–Kier alpha value is -3.21. The Morgan fingerprint density at radius 1 is 1.13 bits per heavy atom. The highest BCUT2D eigenvalue weighted by atomic mass is 19.4. The van der Waals surface area contributed by atoms with Gasteiger partial charge in [0.05, 0.1) is 17.2 Å². The van der Waals surface area contributed by atoms with Crippen LogP contribution in [-0.4, -0.2) is 42.6 Å². The third-order valence-corrected chi connectivity index (χ3v) is 5.54. The third-order valence-electron chi connectivity index (χ3n) is 5.54. The van der Waals surface area contributed by atoms with E-state index in [1.54, 1.807) is 11.0 Å². The number of rotatable bonds is 4. The Morgan fingerprint density at radius 2 is 1.84 bits per heavy atom. The molecule has 5 nitrogen and oxygen atoms in total. The van der Waals surface area contributed by atoms with Gasteiger partial charge in [-0.05, 0) is 44.0 Å². The Kier molecular flexibility index (Phi) is 6.74. The van der Waals surface area contributed by atoms with Crippen molar-refractivity contribution in [3.8, 4) is 6.07 Å². The first-order chi connectivity index (χ1) is 14.7. The molecule has 1 saturated heterocycles. The van der Waals surface area contributed by atoms with E-state index in [0.717, 1.165) is 18.1 Å². The van der Waals surface area contributed by atoms with Gasteiger partial charge in [-0.1, -0.05) is 30.3 Å². The summed E-state index contributed by atoms with van der Waals surface area (Å²) < 4.78 is 40.0. The topological polar surface area (TPSA) is 59.4 Å². The number of alkyl halides is 3. The van der Waals surface area contributed by atoms with Crippen LogP contribution in [0.4, 0.5) is 23.7 Å². The van der Waals surface area contributed by atoms with Crippen LogP contribution < -0.4 is 10.2 Å². The molecule has 2 unspecified atom stereocenters. The third kappa shape index (κ3) is 5.29. The number of nitrogens with one attached hydrogen (secondary N) is 1. The molecule has 1 heterocycles. The van der Waals surface area contributed by atoms with E-state index < -0.39 is 17.3 Å². The van der Waals surface area contributed by atoms with Crippen LogP contribution in [0.5, 0.6) is 0 Å². The molecule has 1 aliphatic rings. The molecule has 0 spiro atoms.